The first-order chi connectivity index (χ1) is 20.3. The summed E-state index contributed by atoms with van der Waals surface area (Å²) in [6, 6.07) is 30.6. The second kappa shape index (κ2) is 16.9. The van der Waals surface area contributed by atoms with Crippen LogP contribution >= 0.6 is 0 Å². The fraction of sp³-hybridized carbons (Fsp3) is 0.429. The van der Waals surface area contributed by atoms with Crippen molar-refractivity contribution in [1.82, 2.24) is 5.32 Å². The SMILES string of the molecule is COC(=O)CCCCCCC[C@H](CO[Si](c1ccccc1)(c1ccccc1)C(C)(C)C)NC(=O)OCc1ccccc1. The van der Waals surface area contributed by atoms with E-state index in [4.69, 9.17) is 13.9 Å². The van der Waals surface area contributed by atoms with Crippen LogP contribution in [-0.4, -0.2) is 40.1 Å². The Labute approximate surface area is 252 Å². The fourth-order valence-corrected chi connectivity index (χ4v) is 10.0. The Morgan fingerprint density at radius 1 is 0.762 bits per heavy atom. The molecule has 0 radical (unpaired) electrons. The van der Waals surface area contributed by atoms with Crippen LogP contribution in [0.3, 0.4) is 0 Å². The van der Waals surface area contributed by atoms with Crippen LogP contribution in [0.2, 0.25) is 5.04 Å². The van der Waals surface area contributed by atoms with E-state index in [-0.39, 0.29) is 23.7 Å². The summed E-state index contributed by atoms with van der Waals surface area (Å²) in [6.07, 6.45) is 5.58. The van der Waals surface area contributed by atoms with Gasteiger partial charge in [0.15, 0.2) is 0 Å². The van der Waals surface area contributed by atoms with Crippen molar-refractivity contribution in [3.63, 3.8) is 0 Å². The highest BCUT2D eigenvalue weighted by molar-refractivity contribution is 6.99. The number of hydrogen-bond acceptors (Lipinski definition) is 5. The molecule has 1 N–H and O–H groups in total. The maximum Gasteiger partial charge on any atom is 0.407 e. The average Bonchev–Trinajstić information content (AvgIpc) is 3.00. The van der Waals surface area contributed by atoms with Gasteiger partial charge in [0.2, 0.25) is 0 Å². The van der Waals surface area contributed by atoms with Gasteiger partial charge in [0.1, 0.15) is 6.61 Å². The van der Waals surface area contributed by atoms with Crippen LogP contribution in [0.25, 0.3) is 0 Å². The third-order valence-electron chi connectivity index (χ3n) is 7.61. The van der Waals surface area contributed by atoms with E-state index in [1.54, 1.807) is 0 Å². The van der Waals surface area contributed by atoms with E-state index in [0.717, 1.165) is 44.1 Å². The Bertz CT molecular complexity index is 1160. The van der Waals surface area contributed by atoms with E-state index in [1.807, 2.05) is 42.5 Å². The summed E-state index contributed by atoms with van der Waals surface area (Å²) in [6.45, 7) is 7.36. The standard InChI is InChI=1S/C35H47NO5Si/c1-35(2,3)42(31-22-14-9-15-23-31,32-24-16-10-17-25-32)41-28-30(21-13-6-5-7-18-26-33(37)39-4)36-34(38)40-27-29-19-11-8-12-20-29/h8-12,14-17,19-20,22-25,30H,5-7,13,18,21,26-28H2,1-4H3,(H,36,38)/t30-/m1/s1. The van der Waals surface area contributed by atoms with Gasteiger partial charge in [0, 0.05) is 6.42 Å². The zero-order chi connectivity index (χ0) is 30.3. The number of nitrogens with one attached hydrogen (secondary N) is 1. The molecule has 0 aliphatic rings. The van der Waals surface area contributed by atoms with Crippen molar-refractivity contribution in [3.8, 4) is 0 Å². The van der Waals surface area contributed by atoms with Gasteiger partial charge < -0.3 is 19.2 Å². The highest BCUT2D eigenvalue weighted by Gasteiger charge is 2.50. The predicted octanol–water partition coefficient (Wildman–Crippen LogP) is 6.76. The number of methoxy groups -OCH3 is 1. The van der Waals surface area contributed by atoms with Crippen LogP contribution in [0.5, 0.6) is 0 Å². The molecule has 7 heteroatoms. The zero-order valence-electron chi connectivity index (χ0n) is 25.6. The Hall–Kier alpha value is -3.42. The molecule has 1 atom stereocenters. The van der Waals surface area contributed by atoms with Crippen LogP contribution in [0.1, 0.15) is 71.3 Å². The number of amides is 1. The molecule has 6 nitrogen and oxygen atoms in total. The third-order valence-corrected chi connectivity index (χ3v) is 12.6. The van der Waals surface area contributed by atoms with E-state index in [1.165, 1.54) is 17.5 Å². The van der Waals surface area contributed by atoms with Gasteiger partial charge in [-0.25, -0.2) is 4.79 Å². The van der Waals surface area contributed by atoms with E-state index in [9.17, 15) is 9.59 Å². The Morgan fingerprint density at radius 3 is 1.83 bits per heavy atom. The molecule has 3 aromatic carbocycles. The molecule has 0 fully saturated rings. The molecule has 0 saturated carbocycles. The molecule has 0 saturated heterocycles. The van der Waals surface area contributed by atoms with E-state index >= 15 is 0 Å². The molecule has 0 bridgehead atoms. The average molecular weight is 590 g/mol. The van der Waals surface area contributed by atoms with Crippen LogP contribution < -0.4 is 15.7 Å². The zero-order valence-corrected chi connectivity index (χ0v) is 26.6. The van der Waals surface area contributed by atoms with Crippen LogP contribution in [0.15, 0.2) is 91.0 Å². The number of esters is 1. The van der Waals surface area contributed by atoms with Crippen molar-refractivity contribution in [3.05, 3.63) is 96.6 Å². The van der Waals surface area contributed by atoms with Gasteiger partial charge in [0.25, 0.3) is 8.32 Å². The highest BCUT2D eigenvalue weighted by Crippen LogP contribution is 2.37. The number of unbranched alkanes of at least 4 members (excludes halogenated alkanes) is 4. The summed E-state index contributed by atoms with van der Waals surface area (Å²) in [5.41, 5.74) is 0.944. The van der Waals surface area contributed by atoms with Gasteiger partial charge in [-0.2, -0.15) is 0 Å². The van der Waals surface area contributed by atoms with Crippen molar-refractivity contribution < 1.29 is 23.5 Å². The first-order valence-electron chi connectivity index (χ1n) is 15.1. The molecular formula is C35H47NO5Si. The largest absolute Gasteiger partial charge is 0.469 e. The van der Waals surface area contributed by atoms with Gasteiger partial charge in [0.05, 0.1) is 19.8 Å². The summed E-state index contributed by atoms with van der Waals surface area (Å²) in [4.78, 5) is 24.3. The second-order valence-electron chi connectivity index (χ2n) is 11.8. The number of carbonyl (C=O) groups excluding carboxylic acids is 2. The number of rotatable bonds is 16. The monoisotopic (exact) mass is 589 g/mol. The topological polar surface area (TPSA) is 73.9 Å². The maximum absolute atomic E-state index is 12.9. The number of benzene rings is 3. The van der Waals surface area contributed by atoms with Crippen molar-refractivity contribution in [2.24, 2.45) is 0 Å². The molecule has 226 valence electrons. The molecule has 3 aromatic rings. The van der Waals surface area contributed by atoms with Crippen molar-refractivity contribution in [1.29, 1.82) is 0 Å². The molecule has 42 heavy (non-hydrogen) atoms. The summed E-state index contributed by atoms with van der Waals surface area (Å²) in [5, 5.41) is 5.37. The van der Waals surface area contributed by atoms with Crippen molar-refractivity contribution in [2.45, 2.75) is 83.4 Å². The summed E-state index contributed by atoms with van der Waals surface area (Å²) < 4.78 is 17.5. The summed E-state index contributed by atoms with van der Waals surface area (Å²) >= 11 is 0. The van der Waals surface area contributed by atoms with Crippen molar-refractivity contribution >= 4 is 30.8 Å². The quantitative estimate of drug-likeness (QED) is 0.114. The molecule has 0 aromatic heterocycles. The van der Waals surface area contributed by atoms with Crippen LogP contribution in [0, 0.1) is 0 Å². The fourth-order valence-electron chi connectivity index (χ4n) is 5.41. The highest BCUT2D eigenvalue weighted by atomic mass is 28.4. The summed E-state index contributed by atoms with van der Waals surface area (Å²) in [5.74, 6) is -0.159. The number of alkyl carbamates (subject to hydrolysis) is 1. The van der Waals surface area contributed by atoms with Crippen molar-refractivity contribution in [2.75, 3.05) is 13.7 Å². The van der Waals surface area contributed by atoms with E-state index in [0.29, 0.717) is 13.0 Å². The Morgan fingerprint density at radius 2 is 1.29 bits per heavy atom. The molecule has 0 aliphatic heterocycles. The van der Waals surface area contributed by atoms with Gasteiger partial charge in [-0.1, -0.05) is 137 Å². The lowest BCUT2D eigenvalue weighted by Gasteiger charge is -2.43. The number of carbonyl (C=O) groups is 2. The minimum absolute atomic E-state index is 0.159. The number of hydrogen-bond donors (Lipinski definition) is 1. The summed E-state index contributed by atoms with van der Waals surface area (Å²) in [7, 11) is -1.32. The third kappa shape index (κ3) is 9.84. The molecule has 0 aliphatic carbocycles. The van der Waals surface area contributed by atoms with Gasteiger partial charge >= 0.3 is 12.1 Å². The maximum atomic E-state index is 12.9. The second-order valence-corrected chi connectivity index (χ2v) is 16.1. The molecule has 3 rings (SSSR count). The van der Waals surface area contributed by atoms with Gasteiger partial charge in [-0.05, 0) is 33.8 Å². The molecule has 1 amide bonds. The normalized spacial score (nSPS) is 12.4. The lowest BCUT2D eigenvalue weighted by atomic mass is 10.1. The van der Waals surface area contributed by atoms with Gasteiger partial charge in [-0.15, -0.1) is 0 Å². The lowest BCUT2D eigenvalue weighted by Crippen LogP contribution is -2.67. The van der Waals surface area contributed by atoms with E-state index < -0.39 is 14.4 Å². The minimum atomic E-state index is -2.75. The Kier molecular flexibility index (Phi) is 13.3. The van der Waals surface area contributed by atoms with Crippen LogP contribution in [0.4, 0.5) is 4.79 Å². The smallest absolute Gasteiger partial charge is 0.407 e. The molecular weight excluding hydrogens is 542 g/mol. The van der Waals surface area contributed by atoms with Gasteiger partial charge in [-0.3, -0.25) is 4.79 Å². The predicted molar refractivity (Wildman–Crippen MR) is 171 cm³/mol. The number of ether oxygens (including phenoxy) is 2. The lowest BCUT2D eigenvalue weighted by molar-refractivity contribution is -0.140. The molecule has 0 spiro atoms. The molecule has 0 unspecified atom stereocenters. The first kappa shape index (κ1) is 33.1. The minimum Gasteiger partial charge on any atom is -0.469 e. The van der Waals surface area contributed by atoms with Crippen LogP contribution in [-0.2, 0) is 25.3 Å². The van der Waals surface area contributed by atoms with E-state index in [2.05, 4.69) is 74.6 Å². The Balaban J connectivity index is 1.74. The molecule has 0 heterocycles. The first-order valence-corrected chi connectivity index (χ1v) is 17.0.